The Labute approximate surface area is 129 Å². The van der Waals surface area contributed by atoms with E-state index in [9.17, 15) is 4.79 Å². The molecule has 0 saturated carbocycles. The molecule has 1 rings (SSSR count). The molecular weight excluding hydrogens is 262 g/mol. The number of unbranched alkanes of at least 4 members (excludes halogenated alkanes) is 2. The van der Waals surface area contributed by atoms with Crippen LogP contribution in [-0.2, 0) is 4.79 Å². The van der Waals surface area contributed by atoms with E-state index in [0.717, 1.165) is 43.4 Å². The first kappa shape index (κ1) is 17.9. The van der Waals surface area contributed by atoms with E-state index in [1.807, 2.05) is 0 Å². The Bertz CT molecular complexity index is 389. The zero-order valence-corrected chi connectivity index (χ0v) is 14.2. The maximum Gasteiger partial charge on any atom is 0.221 e. The maximum atomic E-state index is 11.4. The van der Waals surface area contributed by atoms with Crippen molar-refractivity contribution in [3.05, 3.63) is 12.2 Å². The summed E-state index contributed by atoms with van der Waals surface area (Å²) >= 11 is 0. The van der Waals surface area contributed by atoms with Crippen LogP contribution in [0.25, 0.3) is 0 Å². The summed E-state index contributed by atoms with van der Waals surface area (Å²) in [5.74, 6) is 1.31. The minimum absolute atomic E-state index is 0.0437. The number of allylic oxidation sites excluding steroid dienone is 2. The van der Waals surface area contributed by atoms with E-state index in [0.29, 0.717) is 0 Å². The molecule has 4 nitrogen and oxygen atoms in total. The summed E-state index contributed by atoms with van der Waals surface area (Å²) in [5.41, 5.74) is 0. The van der Waals surface area contributed by atoms with Crippen LogP contribution < -0.4 is 5.32 Å². The fraction of sp³-hybridized carbons (Fsp3) is 0.765. The molecule has 0 aliphatic carbocycles. The Morgan fingerprint density at radius 2 is 2.10 bits per heavy atom. The Morgan fingerprint density at radius 1 is 1.38 bits per heavy atom. The van der Waals surface area contributed by atoms with Gasteiger partial charge in [-0.25, -0.2) is 4.99 Å². The van der Waals surface area contributed by atoms with Gasteiger partial charge in [-0.3, -0.25) is 9.28 Å². The van der Waals surface area contributed by atoms with Crippen LogP contribution >= 0.6 is 0 Å². The number of nitrogens with zero attached hydrogens (tertiary/aromatic N) is 2. The lowest BCUT2D eigenvalue weighted by Crippen LogP contribution is -2.62. The third-order valence-corrected chi connectivity index (χ3v) is 4.42. The number of amides is 1. The van der Waals surface area contributed by atoms with E-state index in [1.54, 1.807) is 6.92 Å². The number of amidine groups is 1. The van der Waals surface area contributed by atoms with Gasteiger partial charge in [0.2, 0.25) is 5.91 Å². The lowest BCUT2D eigenvalue weighted by molar-refractivity contribution is -0.861. The molecule has 1 aliphatic heterocycles. The lowest BCUT2D eigenvalue weighted by Gasteiger charge is -2.39. The average Bonchev–Trinajstić information content (AvgIpc) is 2.86. The van der Waals surface area contributed by atoms with Crippen LogP contribution in [-0.4, -0.2) is 42.0 Å². The molecule has 1 amide bonds. The summed E-state index contributed by atoms with van der Waals surface area (Å²) in [6.45, 7) is 11.0. The molecule has 0 aromatic heterocycles. The van der Waals surface area contributed by atoms with Gasteiger partial charge in [0.25, 0.3) is 0 Å². The highest BCUT2D eigenvalue weighted by Crippen LogP contribution is 2.22. The monoisotopic (exact) mass is 294 g/mol. The molecule has 0 aromatic rings. The first-order chi connectivity index (χ1) is 10.1. The Kier molecular flexibility index (Phi) is 7.65. The quantitative estimate of drug-likeness (QED) is 0.396. The molecule has 1 N–H and O–H groups in total. The van der Waals surface area contributed by atoms with Gasteiger partial charge in [0.05, 0.1) is 13.1 Å². The van der Waals surface area contributed by atoms with Gasteiger partial charge in [-0.15, -0.1) is 0 Å². The summed E-state index contributed by atoms with van der Waals surface area (Å²) in [5, 5.41) is 3.06. The van der Waals surface area contributed by atoms with Gasteiger partial charge in [-0.1, -0.05) is 25.5 Å². The molecular formula is C17H32N3O+. The SMILES string of the molecule is CCC/C=C/CCCC1=NCC[N+]1(CC)C(C)NC(C)=O. The van der Waals surface area contributed by atoms with Crippen molar-refractivity contribution in [3.63, 3.8) is 0 Å². The normalized spacial score (nSPS) is 23.3. The van der Waals surface area contributed by atoms with Crippen LogP contribution in [0.4, 0.5) is 0 Å². The van der Waals surface area contributed by atoms with Crippen molar-refractivity contribution in [2.75, 3.05) is 19.6 Å². The largest absolute Gasteiger partial charge is 0.307 e. The number of hydrogen-bond donors (Lipinski definition) is 1. The van der Waals surface area contributed by atoms with Crippen molar-refractivity contribution in [3.8, 4) is 0 Å². The summed E-state index contributed by atoms with van der Waals surface area (Å²) in [7, 11) is 0. The smallest absolute Gasteiger partial charge is 0.221 e. The fourth-order valence-electron chi connectivity index (χ4n) is 3.16. The summed E-state index contributed by atoms with van der Waals surface area (Å²) in [4.78, 5) is 16.1. The zero-order valence-electron chi connectivity index (χ0n) is 14.2. The maximum absolute atomic E-state index is 11.4. The van der Waals surface area contributed by atoms with Crippen molar-refractivity contribution >= 4 is 11.7 Å². The Balaban J connectivity index is 2.56. The highest BCUT2D eigenvalue weighted by molar-refractivity contribution is 5.78. The molecule has 1 heterocycles. The van der Waals surface area contributed by atoms with Crippen LogP contribution in [0.1, 0.15) is 59.8 Å². The van der Waals surface area contributed by atoms with Crippen LogP contribution in [0, 0.1) is 0 Å². The standard InChI is InChI=1S/C17H31N3O/c1-5-7-8-9-10-11-12-17-18-13-14-20(17,6-2)15(3)19-16(4)21/h8-9,15H,5-7,10-14H2,1-4H3/p+1/b9-8+. The second-order valence-corrected chi connectivity index (χ2v) is 5.90. The Hall–Kier alpha value is -1.16. The minimum Gasteiger partial charge on any atom is -0.307 e. The van der Waals surface area contributed by atoms with Gasteiger partial charge >= 0.3 is 0 Å². The second kappa shape index (κ2) is 8.98. The topological polar surface area (TPSA) is 41.5 Å². The van der Waals surface area contributed by atoms with Crippen molar-refractivity contribution in [1.29, 1.82) is 0 Å². The summed E-state index contributed by atoms with van der Waals surface area (Å²) in [6.07, 6.45) is 10.4. The van der Waals surface area contributed by atoms with E-state index in [4.69, 9.17) is 4.99 Å². The van der Waals surface area contributed by atoms with Crippen molar-refractivity contribution < 1.29 is 9.28 Å². The van der Waals surface area contributed by atoms with Gasteiger partial charge < -0.3 is 5.32 Å². The number of aliphatic imine (C=N–C) groups is 1. The average molecular weight is 294 g/mol. The first-order valence-corrected chi connectivity index (χ1v) is 8.39. The molecule has 0 spiro atoms. The summed E-state index contributed by atoms with van der Waals surface area (Å²) < 4.78 is 0.832. The van der Waals surface area contributed by atoms with E-state index in [2.05, 4.69) is 38.2 Å². The van der Waals surface area contributed by atoms with E-state index in [1.165, 1.54) is 18.7 Å². The van der Waals surface area contributed by atoms with Crippen LogP contribution in [0.3, 0.4) is 0 Å². The van der Waals surface area contributed by atoms with E-state index in [-0.39, 0.29) is 12.1 Å². The predicted molar refractivity (Wildman–Crippen MR) is 89.1 cm³/mol. The van der Waals surface area contributed by atoms with E-state index < -0.39 is 0 Å². The predicted octanol–water partition coefficient (Wildman–Crippen LogP) is 3.24. The molecule has 21 heavy (non-hydrogen) atoms. The minimum atomic E-state index is 0.0437. The van der Waals surface area contributed by atoms with Gasteiger partial charge in [-0.05, 0) is 26.2 Å². The number of carbonyl (C=O) groups excluding carboxylic acids is 1. The van der Waals surface area contributed by atoms with Gasteiger partial charge in [0, 0.05) is 20.3 Å². The third kappa shape index (κ3) is 4.95. The third-order valence-electron chi connectivity index (χ3n) is 4.42. The highest BCUT2D eigenvalue weighted by Gasteiger charge is 2.41. The van der Waals surface area contributed by atoms with Crippen molar-refractivity contribution in [2.24, 2.45) is 4.99 Å². The molecule has 2 atom stereocenters. The molecule has 4 heteroatoms. The van der Waals surface area contributed by atoms with Crippen LogP contribution in [0.2, 0.25) is 0 Å². The van der Waals surface area contributed by atoms with E-state index >= 15 is 0 Å². The molecule has 0 fully saturated rings. The molecule has 0 bridgehead atoms. The number of likely N-dealkylation sites (N-methyl/N-ethyl adjacent to an activating group) is 1. The number of carbonyl (C=O) groups is 1. The molecule has 120 valence electrons. The Morgan fingerprint density at radius 3 is 2.71 bits per heavy atom. The zero-order chi connectivity index (χ0) is 15.7. The summed E-state index contributed by atoms with van der Waals surface area (Å²) in [6, 6.07) is 0. The lowest BCUT2D eigenvalue weighted by atomic mass is 10.1. The molecule has 0 radical (unpaired) electrons. The number of rotatable bonds is 9. The molecule has 1 aliphatic rings. The fourth-order valence-corrected chi connectivity index (χ4v) is 3.16. The number of quaternary nitrogens is 1. The molecule has 2 unspecified atom stereocenters. The number of nitrogens with one attached hydrogen (secondary N) is 1. The van der Waals surface area contributed by atoms with Crippen LogP contribution in [0.15, 0.2) is 17.1 Å². The van der Waals surface area contributed by atoms with Gasteiger partial charge in [0.1, 0.15) is 6.54 Å². The van der Waals surface area contributed by atoms with Crippen LogP contribution in [0.5, 0.6) is 0 Å². The van der Waals surface area contributed by atoms with Gasteiger partial charge in [0.15, 0.2) is 12.0 Å². The van der Waals surface area contributed by atoms with Gasteiger partial charge in [-0.2, -0.15) is 0 Å². The van der Waals surface area contributed by atoms with Crippen molar-refractivity contribution in [2.45, 2.75) is 66.0 Å². The van der Waals surface area contributed by atoms with Crippen molar-refractivity contribution in [1.82, 2.24) is 5.32 Å². The highest BCUT2D eigenvalue weighted by atomic mass is 16.1. The molecule has 0 aromatic carbocycles. The second-order valence-electron chi connectivity index (χ2n) is 5.90. The number of hydrogen-bond acceptors (Lipinski definition) is 2. The molecule has 0 saturated heterocycles. The first-order valence-electron chi connectivity index (χ1n) is 8.39.